The molecule has 0 aliphatic carbocycles. The lowest BCUT2D eigenvalue weighted by molar-refractivity contribution is 0.293. The fraction of sp³-hybridized carbons (Fsp3) is 0.0741. The van der Waals surface area contributed by atoms with Crippen molar-refractivity contribution in [3.05, 3.63) is 109 Å². The van der Waals surface area contributed by atoms with Gasteiger partial charge < -0.3 is 13.7 Å². The first-order chi connectivity index (χ1) is 16.3. The summed E-state index contributed by atoms with van der Waals surface area (Å²) in [5, 5.41) is 10.7. The van der Waals surface area contributed by atoms with Gasteiger partial charge in [-0.1, -0.05) is 66.7 Å². The Morgan fingerprint density at radius 1 is 0.758 bits per heavy atom. The second-order valence-electron chi connectivity index (χ2n) is 7.74. The maximum Gasteiger partial charge on any atom is 0.247 e. The molecule has 33 heavy (non-hydrogen) atoms. The van der Waals surface area contributed by atoms with E-state index in [1.165, 1.54) is 0 Å². The van der Waals surface area contributed by atoms with Crippen LogP contribution in [0.25, 0.3) is 33.3 Å². The maximum atomic E-state index is 6.24. The smallest absolute Gasteiger partial charge is 0.247 e. The topological polar surface area (TPSA) is 66.0 Å². The fourth-order valence-corrected chi connectivity index (χ4v) is 4.03. The van der Waals surface area contributed by atoms with E-state index in [0.29, 0.717) is 24.9 Å². The van der Waals surface area contributed by atoms with Gasteiger partial charge in [-0.3, -0.25) is 0 Å². The summed E-state index contributed by atoms with van der Waals surface area (Å²) >= 11 is 0. The van der Waals surface area contributed by atoms with Crippen molar-refractivity contribution >= 4 is 21.8 Å². The number of ether oxygens (including phenoxy) is 1. The molecule has 0 atom stereocenters. The van der Waals surface area contributed by atoms with Gasteiger partial charge in [0, 0.05) is 10.9 Å². The van der Waals surface area contributed by atoms with Crippen LogP contribution in [0.4, 0.5) is 0 Å². The number of benzene rings is 4. The molecule has 6 nitrogen and oxygen atoms in total. The third kappa shape index (κ3) is 3.72. The molecule has 0 spiro atoms. The molecule has 0 aliphatic heterocycles. The van der Waals surface area contributed by atoms with Crippen LogP contribution in [0.5, 0.6) is 5.75 Å². The van der Waals surface area contributed by atoms with Gasteiger partial charge in [0.2, 0.25) is 11.8 Å². The Bertz CT molecular complexity index is 1550. The summed E-state index contributed by atoms with van der Waals surface area (Å²) in [5.74, 6) is 2.64. The lowest BCUT2D eigenvalue weighted by Crippen LogP contribution is -2.09. The first-order valence-corrected chi connectivity index (χ1v) is 10.8. The maximum absolute atomic E-state index is 6.24. The third-order valence-electron chi connectivity index (χ3n) is 5.62. The molecule has 0 amide bonds. The standard InChI is InChI=1S/C27H20N4O2/c1-2-10-20(11-3-1)27-30-29-26(33-27)17-31-23-15-7-6-14-22(23)28-25(31)18-32-24-16-8-12-19-9-4-5-13-21(19)24/h1-16H,17-18H2. The molecule has 0 bridgehead atoms. The van der Waals surface area contributed by atoms with Gasteiger partial charge in [-0.2, -0.15) is 0 Å². The molecule has 0 fully saturated rings. The number of aromatic nitrogens is 4. The summed E-state index contributed by atoms with van der Waals surface area (Å²) in [6.45, 7) is 0.733. The van der Waals surface area contributed by atoms with Gasteiger partial charge >= 0.3 is 0 Å². The molecular weight excluding hydrogens is 412 g/mol. The molecule has 0 saturated carbocycles. The van der Waals surface area contributed by atoms with Crippen molar-refractivity contribution in [2.24, 2.45) is 0 Å². The zero-order valence-corrected chi connectivity index (χ0v) is 17.8. The van der Waals surface area contributed by atoms with Crippen LogP contribution in [0.1, 0.15) is 11.7 Å². The molecule has 0 N–H and O–H groups in total. The molecular formula is C27H20N4O2. The van der Waals surface area contributed by atoms with Crippen LogP contribution in [0, 0.1) is 0 Å². The SMILES string of the molecule is c1ccc(-c2nnc(Cn3c(COc4cccc5ccccc45)nc4ccccc43)o2)cc1. The van der Waals surface area contributed by atoms with Crippen LogP contribution in [-0.4, -0.2) is 19.7 Å². The molecule has 2 heterocycles. The second kappa shape index (κ2) is 8.24. The molecule has 0 radical (unpaired) electrons. The number of imidazole rings is 1. The van der Waals surface area contributed by atoms with E-state index in [1.807, 2.05) is 78.9 Å². The van der Waals surface area contributed by atoms with E-state index in [1.54, 1.807) is 0 Å². The molecule has 6 aromatic rings. The number of hydrogen-bond acceptors (Lipinski definition) is 5. The van der Waals surface area contributed by atoms with Crippen molar-refractivity contribution in [1.82, 2.24) is 19.7 Å². The Balaban J connectivity index is 1.32. The predicted octanol–water partition coefficient (Wildman–Crippen LogP) is 5.87. The molecule has 160 valence electrons. The molecule has 4 aromatic carbocycles. The highest BCUT2D eigenvalue weighted by atomic mass is 16.5. The summed E-state index contributed by atoms with van der Waals surface area (Å²) in [5.41, 5.74) is 2.79. The van der Waals surface area contributed by atoms with E-state index >= 15 is 0 Å². The predicted molar refractivity (Wildman–Crippen MR) is 127 cm³/mol. The minimum absolute atomic E-state index is 0.322. The minimum Gasteiger partial charge on any atom is -0.485 e. The van der Waals surface area contributed by atoms with Gasteiger partial charge in [-0.15, -0.1) is 10.2 Å². The Morgan fingerprint density at radius 3 is 2.48 bits per heavy atom. The van der Waals surface area contributed by atoms with E-state index < -0.39 is 0 Å². The molecule has 0 saturated heterocycles. The van der Waals surface area contributed by atoms with Gasteiger partial charge in [0.1, 0.15) is 24.7 Å². The molecule has 6 rings (SSSR count). The Morgan fingerprint density at radius 2 is 1.55 bits per heavy atom. The van der Waals surface area contributed by atoms with Crippen molar-refractivity contribution in [3.63, 3.8) is 0 Å². The van der Waals surface area contributed by atoms with E-state index in [-0.39, 0.29) is 0 Å². The average molecular weight is 432 g/mol. The summed E-state index contributed by atoms with van der Waals surface area (Å²) in [6.07, 6.45) is 0. The van der Waals surface area contributed by atoms with Crippen molar-refractivity contribution in [2.75, 3.05) is 0 Å². The van der Waals surface area contributed by atoms with Gasteiger partial charge in [0.15, 0.2) is 0 Å². The first-order valence-electron chi connectivity index (χ1n) is 10.8. The van der Waals surface area contributed by atoms with Crippen LogP contribution in [0.2, 0.25) is 0 Å². The lowest BCUT2D eigenvalue weighted by Gasteiger charge is -2.11. The minimum atomic E-state index is 0.322. The largest absolute Gasteiger partial charge is 0.485 e. The average Bonchev–Trinajstić information content (AvgIpc) is 3.48. The Hall–Kier alpha value is -4.45. The molecule has 2 aromatic heterocycles. The van der Waals surface area contributed by atoms with Crippen molar-refractivity contribution in [2.45, 2.75) is 13.2 Å². The normalized spacial score (nSPS) is 11.3. The van der Waals surface area contributed by atoms with Crippen LogP contribution < -0.4 is 4.74 Å². The van der Waals surface area contributed by atoms with E-state index in [2.05, 4.69) is 33.0 Å². The van der Waals surface area contributed by atoms with Gasteiger partial charge in [-0.25, -0.2) is 4.98 Å². The van der Waals surface area contributed by atoms with E-state index in [0.717, 1.165) is 38.9 Å². The Labute approximate surface area is 190 Å². The second-order valence-corrected chi connectivity index (χ2v) is 7.74. The highest BCUT2D eigenvalue weighted by Gasteiger charge is 2.16. The van der Waals surface area contributed by atoms with Crippen LogP contribution >= 0.6 is 0 Å². The van der Waals surface area contributed by atoms with Gasteiger partial charge in [0.25, 0.3) is 0 Å². The molecule has 0 aliphatic rings. The number of nitrogens with zero attached hydrogens (tertiary/aromatic N) is 4. The zero-order chi connectivity index (χ0) is 22.0. The first kappa shape index (κ1) is 19.3. The lowest BCUT2D eigenvalue weighted by atomic mass is 10.1. The summed E-state index contributed by atoms with van der Waals surface area (Å²) < 4.78 is 14.3. The van der Waals surface area contributed by atoms with E-state index in [4.69, 9.17) is 14.1 Å². The summed E-state index contributed by atoms with van der Waals surface area (Å²) in [4.78, 5) is 4.82. The highest BCUT2D eigenvalue weighted by molar-refractivity contribution is 5.88. The summed E-state index contributed by atoms with van der Waals surface area (Å²) in [7, 11) is 0. The van der Waals surface area contributed by atoms with Gasteiger partial charge in [0.05, 0.1) is 11.0 Å². The quantitative estimate of drug-likeness (QED) is 0.329. The monoisotopic (exact) mass is 432 g/mol. The van der Waals surface area contributed by atoms with Crippen molar-refractivity contribution < 1.29 is 9.15 Å². The van der Waals surface area contributed by atoms with Crippen LogP contribution in [0.3, 0.4) is 0 Å². The zero-order valence-electron chi connectivity index (χ0n) is 17.8. The van der Waals surface area contributed by atoms with Crippen LogP contribution in [-0.2, 0) is 13.2 Å². The van der Waals surface area contributed by atoms with Crippen molar-refractivity contribution in [3.8, 4) is 17.2 Å². The molecule has 0 unspecified atom stereocenters. The molecule has 6 heteroatoms. The van der Waals surface area contributed by atoms with Crippen molar-refractivity contribution in [1.29, 1.82) is 0 Å². The Kier molecular flexibility index (Phi) is 4.81. The van der Waals surface area contributed by atoms with E-state index in [9.17, 15) is 0 Å². The fourth-order valence-electron chi connectivity index (χ4n) is 4.03. The number of para-hydroxylation sites is 2. The number of fused-ring (bicyclic) bond motifs is 2. The summed E-state index contributed by atoms with van der Waals surface area (Å²) in [6, 6.07) is 32.0. The third-order valence-corrected chi connectivity index (χ3v) is 5.62. The van der Waals surface area contributed by atoms with Crippen LogP contribution in [0.15, 0.2) is 101 Å². The highest BCUT2D eigenvalue weighted by Crippen LogP contribution is 2.27. The number of hydrogen-bond donors (Lipinski definition) is 0. The van der Waals surface area contributed by atoms with Gasteiger partial charge in [-0.05, 0) is 35.7 Å². The number of rotatable bonds is 6.